The highest BCUT2D eigenvalue weighted by molar-refractivity contribution is 4.97. The van der Waals surface area contributed by atoms with Crippen LogP contribution in [0, 0.1) is 5.92 Å². The number of likely N-dealkylation sites (N-methyl/N-ethyl adjacent to an activating group) is 1. The summed E-state index contributed by atoms with van der Waals surface area (Å²) in [6.07, 6.45) is 8.18. The Morgan fingerprint density at radius 2 is 1.94 bits per heavy atom. The number of nitrogens with two attached hydrogens (primary N) is 1. The third-order valence-corrected chi connectivity index (χ3v) is 5.48. The van der Waals surface area contributed by atoms with Crippen molar-refractivity contribution in [3.05, 3.63) is 0 Å². The molecule has 0 bridgehead atoms. The van der Waals surface area contributed by atoms with Crippen LogP contribution in [0.2, 0.25) is 0 Å². The molecule has 1 saturated heterocycles. The molecule has 2 atom stereocenters. The summed E-state index contributed by atoms with van der Waals surface area (Å²) in [5.74, 6) is 0.750. The van der Waals surface area contributed by atoms with E-state index in [0.29, 0.717) is 0 Å². The van der Waals surface area contributed by atoms with Crippen molar-refractivity contribution in [2.75, 3.05) is 39.8 Å². The zero-order valence-electron chi connectivity index (χ0n) is 12.3. The van der Waals surface area contributed by atoms with Gasteiger partial charge < -0.3 is 10.6 Å². The lowest BCUT2D eigenvalue weighted by Gasteiger charge is -2.49. The van der Waals surface area contributed by atoms with E-state index in [2.05, 4.69) is 23.8 Å². The minimum atomic E-state index is 0.276. The molecule has 2 fully saturated rings. The van der Waals surface area contributed by atoms with Gasteiger partial charge in [0.2, 0.25) is 0 Å². The standard InChI is InChI=1S/C15H31N3/c1-14-7-3-4-8-15(14,13-16)17(2)11-12-18-9-5-6-10-18/h14H,3-13,16H2,1-2H3. The van der Waals surface area contributed by atoms with Crippen LogP contribution in [0.4, 0.5) is 0 Å². The van der Waals surface area contributed by atoms with Gasteiger partial charge in [0.1, 0.15) is 0 Å². The molecule has 2 unspecified atom stereocenters. The van der Waals surface area contributed by atoms with E-state index in [0.717, 1.165) is 12.5 Å². The third kappa shape index (κ3) is 2.89. The lowest BCUT2D eigenvalue weighted by atomic mass is 9.72. The molecule has 1 aliphatic heterocycles. The van der Waals surface area contributed by atoms with Crippen LogP contribution < -0.4 is 5.73 Å². The fourth-order valence-corrected chi connectivity index (χ4v) is 3.94. The van der Waals surface area contributed by atoms with Gasteiger partial charge in [-0.3, -0.25) is 4.90 Å². The van der Waals surface area contributed by atoms with Crippen molar-refractivity contribution in [3.8, 4) is 0 Å². The van der Waals surface area contributed by atoms with Crippen molar-refractivity contribution in [2.45, 2.75) is 51.0 Å². The number of hydrogen-bond acceptors (Lipinski definition) is 3. The first kappa shape index (κ1) is 14.3. The van der Waals surface area contributed by atoms with Gasteiger partial charge in [0, 0.05) is 25.2 Å². The van der Waals surface area contributed by atoms with Crippen molar-refractivity contribution in [1.29, 1.82) is 0 Å². The molecule has 3 heteroatoms. The molecule has 106 valence electrons. The van der Waals surface area contributed by atoms with Gasteiger partial charge in [-0.25, -0.2) is 0 Å². The Labute approximate surface area is 113 Å². The van der Waals surface area contributed by atoms with Crippen LogP contribution in [0.15, 0.2) is 0 Å². The lowest BCUT2D eigenvalue weighted by Crippen LogP contribution is -2.59. The van der Waals surface area contributed by atoms with Gasteiger partial charge in [-0.15, -0.1) is 0 Å². The minimum Gasteiger partial charge on any atom is -0.329 e. The topological polar surface area (TPSA) is 32.5 Å². The second-order valence-corrected chi connectivity index (χ2v) is 6.42. The molecule has 1 aliphatic carbocycles. The van der Waals surface area contributed by atoms with Gasteiger partial charge >= 0.3 is 0 Å². The van der Waals surface area contributed by atoms with Gasteiger partial charge in [0.15, 0.2) is 0 Å². The van der Waals surface area contributed by atoms with Gasteiger partial charge in [-0.1, -0.05) is 19.8 Å². The van der Waals surface area contributed by atoms with Crippen molar-refractivity contribution in [1.82, 2.24) is 9.80 Å². The Bertz CT molecular complexity index is 250. The van der Waals surface area contributed by atoms with Gasteiger partial charge in [-0.05, 0) is 51.7 Å². The van der Waals surface area contributed by atoms with Crippen molar-refractivity contribution in [3.63, 3.8) is 0 Å². The molecule has 0 amide bonds. The van der Waals surface area contributed by atoms with Crippen LogP contribution in [-0.4, -0.2) is 55.1 Å². The van der Waals surface area contributed by atoms with E-state index < -0.39 is 0 Å². The number of likely N-dealkylation sites (tertiary alicyclic amines) is 1. The maximum absolute atomic E-state index is 6.16. The first-order chi connectivity index (χ1) is 8.69. The molecule has 2 rings (SSSR count). The Morgan fingerprint density at radius 3 is 2.56 bits per heavy atom. The largest absolute Gasteiger partial charge is 0.329 e. The molecule has 2 N–H and O–H groups in total. The maximum atomic E-state index is 6.16. The quantitative estimate of drug-likeness (QED) is 0.812. The number of hydrogen-bond donors (Lipinski definition) is 1. The Morgan fingerprint density at radius 1 is 1.22 bits per heavy atom. The summed E-state index contributed by atoms with van der Waals surface area (Å²) < 4.78 is 0. The first-order valence-electron chi connectivity index (χ1n) is 7.83. The highest BCUT2D eigenvalue weighted by Gasteiger charge is 2.40. The maximum Gasteiger partial charge on any atom is 0.0354 e. The first-order valence-corrected chi connectivity index (χ1v) is 7.83. The molecule has 3 nitrogen and oxygen atoms in total. The zero-order chi connectivity index (χ0) is 13.0. The van der Waals surface area contributed by atoms with E-state index in [1.807, 2.05) is 0 Å². The molecule has 0 radical (unpaired) electrons. The van der Waals surface area contributed by atoms with E-state index in [1.54, 1.807) is 0 Å². The summed E-state index contributed by atoms with van der Waals surface area (Å²) in [5.41, 5.74) is 6.43. The second-order valence-electron chi connectivity index (χ2n) is 6.42. The highest BCUT2D eigenvalue weighted by Crippen LogP contribution is 2.36. The molecule has 0 spiro atoms. The summed E-state index contributed by atoms with van der Waals surface area (Å²) in [5, 5.41) is 0. The fourth-order valence-electron chi connectivity index (χ4n) is 3.94. The molecule has 2 aliphatic rings. The summed E-state index contributed by atoms with van der Waals surface area (Å²) in [6.45, 7) is 8.24. The van der Waals surface area contributed by atoms with Crippen LogP contribution in [0.5, 0.6) is 0 Å². The SMILES string of the molecule is CC1CCCCC1(CN)N(C)CCN1CCCC1. The third-order valence-electron chi connectivity index (χ3n) is 5.48. The second kappa shape index (κ2) is 6.36. The predicted molar refractivity (Wildman–Crippen MR) is 77.7 cm³/mol. The van der Waals surface area contributed by atoms with E-state index in [1.165, 1.54) is 64.7 Å². The molecule has 0 aromatic rings. The van der Waals surface area contributed by atoms with Gasteiger partial charge in [-0.2, -0.15) is 0 Å². The van der Waals surface area contributed by atoms with Gasteiger partial charge in [0.25, 0.3) is 0 Å². The summed E-state index contributed by atoms with van der Waals surface area (Å²) in [6, 6.07) is 0. The predicted octanol–water partition coefficient (Wildman–Crippen LogP) is 1.92. The molecule has 1 heterocycles. The van der Waals surface area contributed by atoms with Crippen LogP contribution in [0.25, 0.3) is 0 Å². The fraction of sp³-hybridized carbons (Fsp3) is 1.00. The Hall–Kier alpha value is -0.120. The monoisotopic (exact) mass is 253 g/mol. The average molecular weight is 253 g/mol. The zero-order valence-corrected chi connectivity index (χ0v) is 12.3. The average Bonchev–Trinajstić information content (AvgIpc) is 2.90. The van der Waals surface area contributed by atoms with Crippen molar-refractivity contribution >= 4 is 0 Å². The lowest BCUT2D eigenvalue weighted by molar-refractivity contribution is 0.0285. The molecule has 18 heavy (non-hydrogen) atoms. The molecule has 0 aromatic carbocycles. The summed E-state index contributed by atoms with van der Waals surface area (Å²) in [4.78, 5) is 5.18. The van der Waals surface area contributed by atoms with E-state index in [9.17, 15) is 0 Å². The molecular formula is C15H31N3. The number of nitrogens with zero attached hydrogens (tertiary/aromatic N) is 2. The van der Waals surface area contributed by atoms with Crippen molar-refractivity contribution < 1.29 is 0 Å². The minimum absolute atomic E-state index is 0.276. The summed E-state index contributed by atoms with van der Waals surface area (Å²) >= 11 is 0. The Kier molecular flexibility index (Phi) is 5.05. The van der Waals surface area contributed by atoms with E-state index in [4.69, 9.17) is 5.73 Å². The molecular weight excluding hydrogens is 222 g/mol. The normalized spacial score (nSPS) is 34.3. The number of rotatable bonds is 5. The van der Waals surface area contributed by atoms with E-state index >= 15 is 0 Å². The van der Waals surface area contributed by atoms with Crippen molar-refractivity contribution in [2.24, 2.45) is 11.7 Å². The highest BCUT2D eigenvalue weighted by atomic mass is 15.2. The van der Waals surface area contributed by atoms with Crippen LogP contribution in [0.1, 0.15) is 45.4 Å². The van der Waals surface area contributed by atoms with Gasteiger partial charge in [0.05, 0.1) is 0 Å². The van der Waals surface area contributed by atoms with Crippen LogP contribution >= 0.6 is 0 Å². The molecule has 0 aromatic heterocycles. The molecule has 1 saturated carbocycles. The van der Waals surface area contributed by atoms with Crippen LogP contribution in [-0.2, 0) is 0 Å². The smallest absolute Gasteiger partial charge is 0.0354 e. The Balaban J connectivity index is 1.89. The van der Waals surface area contributed by atoms with Crippen LogP contribution in [0.3, 0.4) is 0 Å². The summed E-state index contributed by atoms with van der Waals surface area (Å²) in [7, 11) is 2.30. The van der Waals surface area contributed by atoms with E-state index in [-0.39, 0.29) is 5.54 Å².